The van der Waals surface area contributed by atoms with Crippen molar-refractivity contribution in [1.82, 2.24) is 9.55 Å². The molecule has 0 spiro atoms. The minimum Gasteiger partial charge on any atom is -0.443 e. The van der Waals surface area contributed by atoms with Crippen LogP contribution in [0.25, 0.3) is 11.1 Å². The van der Waals surface area contributed by atoms with E-state index in [4.69, 9.17) is 9.47 Å². The lowest BCUT2D eigenvalue weighted by atomic mass is 10.0. The van der Waals surface area contributed by atoms with Gasteiger partial charge in [-0.1, -0.05) is 36.1 Å². The third kappa shape index (κ3) is 6.08. The van der Waals surface area contributed by atoms with Crippen LogP contribution in [0.2, 0.25) is 0 Å². The second-order valence-corrected chi connectivity index (χ2v) is 7.48. The van der Waals surface area contributed by atoms with Gasteiger partial charge in [0.05, 0.1) is 6.54 Å². The molecule has 34 heavy (non-hydrogen) atoms. The number of alkyl halides is 2. The van der Waals surface area contributed by atoms with Crippen molar-refractivity contribution in [3.05, 3.63) is 70.4 Å². The fourth-order valence-electron chi connectivity index (χ4n) is 3.41. The van der Waals surface area contributed by atoms with Crippen molar-refractivity contribution in [3.63, 3.8) is 0 Å². The zero-order chi connectivity index (χ0) is 23.9. The van der Waals surface area contributed by atoms with Crippen molar-refractivity contribution in [2.75, 3.05) is 13.2 Å². The Hall–Kier alpha value is -3.97. The van der Waals surface area contributed by atoms with E-state index in [1.807, 2.05) is 24.3 Å². The Balaban J connectivity index is 1.20. The monoisotopic (exact) mass is 469 g/mol. The quantitative estimate of drug-likeness (QED) is 0.206. The van der Waals surface area contributed by atoms with Gasteiger partial charge in [-0.15, -0.1) is 0 Å². The summed E-state index contributed by atoms with van der Waals surface area (Å²) in [5.41, 5.74) is 2.71. The fraction of sp³-hybridized carbons (Fsp3) is 0.292. The molecule has 8 nitrogen and oxygen atoms in total. The number of benzene rings is 2. The van der Waals surface area contributed by atoms with Crippen LogP contribution in [-0.4, -0.2) is 40.4 Å². The van der Waals surface area contributed by atoms with Gasteiger partial charge in [-0.3, -0.25) is 4.57 Å². The highest BCUT2D eigenvalue weighted by Gasteiger charge is 2.28. The first-order valence-electron chi connectivity index (χ1n) is 10.6. The van der Waals surface area contributed by atoms with E-state index in [0.29, 0.717) is 26.2 Å². The lowest BCUT2D eigenvalue weighted by Crippen LogP contribution is -2.32. The molecule has 2 aromatic carbocycles. The molecule has 0 unspecified atom stereocenters. The van der Waals surface area contributed by atoms with Gasteiger partial charge in [0.1, 0.15) is 24.7 Å². The average molecular weight is 469 g/mol. The summed E-state index contributed by atoms with van der Waals surface area (Å²) in [6, 6.07) is 14.4. The predicted octanol–water partition coefficient (Wildman–Crippen LogP) is 4.67. The van der Waals surface area contributed by atoms with E-state index >= 15 is 0 Å². The smallest absolute Gasteiger partial charge is 0.414 e. The molecule has 0 N–H and O–H groups in total. The first-order chi connectivity index (χ1) is 16.5. The van der Waals surface area contributed by atoms with E-state index in [-0.39, 0.29) is 23.7 Å². The summed E-state index contributed by atoms with van der Waals surface area (Å²) < 4.78 is 41.7. The minimum absolute atomic E-state index is 0.122. The molecule has 3 aromatic rings. The van der Waals surface area contributed by atoms with Crippen LogP contribution in [0.1, 0.15) is 18.4 Å². The van der Waals surface area contributed by atoms with Crippen molar-refractivity contribution in [2.24, 2.45) is 0 Å². The molecule has 1 atom stereocenters. The highest BCUT2D eigenvalue weighted by Crippen LogP contribution is 2.24. The number of ether oxygens (including phenoxy) is 3. The zero-order valence-electron chi connectivity index (χ0n) is 18.0. The van der Waals surface area contributed by atoms with E-state index < -0.39 is 11.5 Å². The van der Waals surface area contributed by atoms with E-state index in [1.165, 1.54) is 18.3 Å². The Morgan fingerprint density at radius 1 is 1.18 bits per heavy atom. The van der Waals surface area contributed by atoms with Crippen LogP contribution in [0.15, 0.2) is 54.7 Å². The van der Waals surface area contributed by atoms with Crippen molar-refractivity contribution in [3.8, 4) is 34.7 Å². The summed E-state index contributed by atoms with van der Waals surface area (Å²) in [6.07, 6.45) is 2.55. The average Bonchev–Trinajstić information content (AvgIpc) is 3.26. The van der Waals surface area contributed by atoms with E-state index in [2.05, 4.69) is 21.6 Å². The molecule has 0 fully saturated rings. The molecule has 0 saturated heterocycles. The standard InChI is InChI=1S/C24H21F2N3O5/c25-23(26)34-20-11-9-19(10-12-20)18-7-5-17(6-8-18)4-2-1-3-13-32-21-14-28-15-22(29(30)31)27-24(28)33-16-21/h5-12,15,21,23H,1,3,13-14,16H2/t21-/m0/s1. The summed E-state index contributed by atoms with van der Waals surface area (Å²) in [7, 11) is 0. The van der Waals surface area contributed by atoms with Gasteiger partial charge in [-0.25, -0.2) is 0 Å². The van der Waals surface area contributed by atoms with Gasteiger partial charge in [0.25, 0.3) is 0 Å². The molecule has 0 bridgehead atoms. The summed E-state index contributed by atoms with van der Waals surface area (Å²) in [6.45, 7) is -1.59. The molecule has 1 aliphatic heterocycles. The summed E-state index contributed by atoms with van der Waals surface area (Å²) in [5.74, 6) is 6.11. The van der Waals surface area contributed by atoms with Crippen molar-refractivity contribution < 1.29 is 27.9 Å². The first-order valence-corrected chi connectivity index (χ1v) is 10.6. The van der Waals surface area contributed by atoms with Gasteiger partial charge in [-0.05, 0) is 46.7 Å². The molecule has 1 aliphatic rings. The van der Waals surface area contributed by atoms with Gasteiger partial charge in [-0.2, -0.15) is 8.78 Å². The Bertz CT molecular complexity index is 1180. The summed E-state index contributed by atoms with van der Waals surface area (Å²) in [4.78, 5) is 14.1. The third-order valence-electron chi connectivity index (χ3n) is 5.04. The Morgan fingerprint density at radius 2 is 1.88 bits per heavy atom. The summed E-state index contributed by atoms with van der Waals surface area (Å²) in [5, 5.41) is 10.8. The number of halogens is 2. The number of aromatic nitrogens is 2. The minimum atomic E-state index is -2.84. The lowest BCUT2D eigenvalue weighted by molar-refractivity contribution is -0.389. The van der Waals surface area contributed by atoms with Gasteiger partial charge in [0, 0.05) is 23.6 Å². The number of fused-ring (bicyclic) bond motifs is 1. The highest BCUT2D eigenvalue weighted by molar-refractivity contribution is 5.65. The molecule has 176 valence electrons. The van der Waals surface area contributed by atoms with E-state index in [9.17, 15) is 18.9 Å². The van der Waals surface area contributed by atoms with Crippen LogP contribution in [-0.2, 0) is 11.3 Å². The molecule has 0 saturated carbocycles. The largest absolute Gasteiger partial charge is 0.443 e. The SMILES string of the molecule is O=[N+]([O-])c1cn2c(n1)OC[C@@H](OCCCC#Cc1ccc(-c3ccc(OC(F)F)cc3)cc1)C2. The molecule has 2 heterocycles. The van der Waals surface area contributed by atoms with Crippen LogP contribution < -0.4 is 9.47 Å². The number of nitro groups is 1. The van der Waals surface area contributed by atoms with Crippen molar-refractivity contribution in [1.29, 1.82) is 0 Å². The van der Waals surface area contributed by atoms with Crippen LogP contribution in [0.3, 0.4) is 0 Å². The Kier molecular flexibility index (Phi) is 7.34. The number of unbranched alkanes of at least 4 members (excludes halogenated alkanes) is 1. The predicted molar refractivity (Wildman–Crippen MR) is 119 cm³/mol. The molecule has 4 rings (SSSR count). The first kappa shape index (κ1) is 23.2. The topological polar surface area (TPSA) is 88.7 Å². The molecular weight excluding hydrogens is 448 g/mol. The van der Waals surface area contributed by atoms with Gasteiger partial charge >= 0.3 is 18.4 Å². The maximum absolute atomic E-state index is 12.2. The maximum Gasteiger partial charge on any atom is 0.414 e. The van der Waals surface area contributed by atoms with Crippen LogP contribution in [0.4, 0.5) is 14.6 Å². The van der Waals surface area contributed by atoms with Gasteiger partial charge < -0.3 is 24.3 Å². The van der Waals surface area contributed by atoms with Crippen molar-refractivity contribution >= 4 is 5.82 Å². The number of rotatable bonds is 8. The van der Waals surface area contributed by atoms with Crippen LogP contribution >= 0.6 is 0 Å². The number of nitrogens with zero attached hydrogens (tertiary/aromatic N) is 3. The number of imidazole rings is 1. The molecule has 10 heteroatoms. The zero-order valence-corrected chi connectivity index (χ0v) is 18.0. The molecule has 0 amide bonds. The van der Waals surface area contributed by atoms with Crippen LogP contribution in [0.5, 0.6) is 11.8 Å². The second kappa shape index (κ2) is 10.8. The third-order valence-corrected chi connectivity index (χ3v) is 5.04. The molecule has 1 aromatic heterocycles. The number of hydrogen-bond donors (Lipinski definition) is 0. The number of hydrogen-bond acceptors (Lipinski definition) is 6. The normalized spacial score (nSPS) is 14.6. The van der Waals surface area contributed by atoms with Gasteiger partial charge in [0.15, 0.2) is 0 Å². The molecule has 0 radical (unpaired) electrons. The van der Waals surface area contributed by atoms with E-state index in [0.717, 1.165) is 23.1 Å². The fourth-order valence-corrected chi connectivity index (χ4v) is 3.41. The Morgan fingerprint density at radius 3 is 2.56 bits per heavy atom. The highest BCUT2D eigenvalue weighted by atomic mass is 19.3. The Labute approximate surface area is 194 Å². The molecule has 0 aliphatic carbocycles. The molecular formula is C24H21F2N3O5. The summed E-state index contributed by atoms with van der Waals surface area (Å²) >= 11 is 0. The van der Waals surface area contributed by atoms with Gasteiger partial charge in [0.2, 0.25) is 0 Å². The van der Waals surface area contributed by atoms with Crippen LogP contribution in [0, 0.1) is 22.0 Å². The maximum atomic E-state index is 12.2. The van der Waals surface area contributed by atoms with E-state index in [1.54, 1.807) is 16.7 Å². The second-order valence-electron chi connectivity index (χ2n) is 7.48. The van der Waals surface area contributed by atoms with Crippen molar-refractivity contribution in [2.45, 2.75) is 32.1 Å². The lowest BCUT2D eigenvalue weighted by Gasteiger charge is -2.22.